The summed E-state index contributed by atoms with van der Waals surface area (Å²) in [7, 11) is 0. The van der Waals surface area contributed by atoms with Crippen molar-refractivity contribution in [2.45, 2.75) is 26.7 Å². The minimum atomic E-state index is 0.521. The lowest BCUT2D eigenvalue weighted by Crippen LogP contribution is -1.83. The van der Waals surface area contributed by atoms with E-state index in [0.717, 1.165) is 10.6 Å². The Morgan fingerprint density at radius 2 is 1.57 bits per heavy atom. The first-order valence-electron chi connectivity index (χ1n) is 8.01. The molecule has 2 aliphatic carbocycles. The number of hydrogen-bond donors (Lipinski definition) is 0. The molecule has 0 heterocycles. The van der Waals surface area contributed by atoms with Crippen LogP contribution in [0.2, 0.25) is 5.02 Å². The highest BCUT2D eigenvalue weighted by Crippen LogP contribution is 2.33. The highest BCUT2D eigenvalue weighted by Gasteiger charge is 2.10. The van der Waals surface area contributed by atoms with Crippen molar-refractivity contribution in [2.24, 2.45) is 0 Å². The zero-order valence-electron chi connectivity index (χ0n) is 13.8. The molecule has 23 heavy (non-hydrogen) atoms. The Bertz CT molecular complexity index is 810. The molecule has 116 valence electrons. The van der Waals surface area contributed by atoms with Crippen LogP contribution in [0.4, 0.5) is 0 Å². The summed E-state index contributed by atoms with van der Waals surface area (Å²) in [5, 5.41) is 0.767. The lowest BCUT2D eigenvalue weighted by molar-refractivity contribution is 0.869. The van der Waals surface area contributed by atoms with Gasteiger partial charge in [0.05, 0.1) is 0 Å². The molecule has 0 atom stereocenters. The molecular formula is C22H21Cl. The molecule has 1 aromatic carbocycles. The minimum absolute atomic E-state index is 0.521. The zero-order valence-corrected chi connectivity index (χ0v) is 14.6. The van der Waals surface area contributed by atoms with Gasteiger partial charge in [-0.15, -0.1) is 0 Å². The van der Waals surface area contributed by atoms with E-state index < -0.39 is 0 Å². The molecule has 0 bridgehead atoms. The van der Waals surface area contributed by atoms with Gasteiger partial charge in [-0.3, -0.25) is 0 Å². The molecule has 0 aliphatic heterocycles. The van der Waals surface area contributed by atoms with Gasteiger partial charge in [0, 0.05) is 5.02 Å². The van der Waals surface area contributed by atoms with E-state index in [4.69, 9.17) is 11.6 Å². The van der Waals surface area contributed by atoms with Crippen LogP contribution in [0.3, 0.4) is 0 Å². The third-order valence-electron chi connectivity index (χ3n) is 4.28. The van der Waals surface area contributed by atoms with Crippen LogP contribution in [0.25, 0.3) is 23.3 Å². The van der Waals surface area contributed by atoms with E-state index in [1.54, 1.807) is 0 Å². The summed E-state index contributed by atoms with van der Waals surface area (Å²) in [5.41, 5.74) is 7.75. The second kappa shape index (κ2) is 6.60. The molecule has 0 radical (unpaired) electrons. The van der Waals surface area contributed by atoms with E-state index in [1.165, 1.54) is 27.8 Å². The number of benzene rings is 1. The maximum atomic E-state index is 5.95. The average molecular weight is 321 g/mol. The first-order chi connectivity index (χ1) is 11.0. The van der Waals surface area contributed by atoms with E-state index in [-0.39, 0.29) is 0 Å². The summed E-state index contributed by atoms with van der Waals surface area (Å²) >= 11 is 5.95. The SMILES string of the molecule is Cc1ccc2c(/C=C/c3ccc(Cl)cc3)ccc(C(C)C)cc1-2. The first kappa shape index (κ1) is 15.8. The summed E-state index contributed by atoms with van der Waals surface area (Å²) in [6.45, 7) is 6.66. The number of aryl methyl sites for hydroxylation is 1. The fourth-order valence-electron chi connectivity index (χ4n) is 2.80. The van der Waals surface area contributed by atoms with Crippen LogP contribution in [-0.4, -0.2) is 0 Å². The van der Waals surface area contributed by atoms with Crippen molar-refractivity contribution in [1.82, 2.24) is 0 Å². The highest BCUT2D eigenvalue weighted by atomic mass is 35.5. The van der Waals surface area contributed by atoms with Gasteiger partial charge in [-0.1, -0.05) is 80.1 Å². The summed E-state index contributed by atoms with van der Waals surface area (Å²) in [6, 6.07) is 19.1. The van der Waals surface area contributed by atoms with E-state index in [0.29, 0.717) is 5.92 Å². The maximum Gasteiger partial charge on any atom is 0.0406 e. The Hall–Kier alpha value is -2.05. The van der Waals surface area contributed by atoms with Crippen LogP contribution in [0, 0.1) is 6.92 Å². The lowest BCUT2D eigenvalue weighted by Gasteiger charge is -2.03. The standard InChI is InChI=1S/C22H21Cl/c1-15(2)19-10-9-18(21-13-4-16(3)22(21)14-19)8-5-17-6-11-20(23)12-7-17/h4-15H,1-3H3/b8-5+. The minimum Gasteiger partial charge on any atom is -0.0843 e. The smallest absolute Gasteiger partial charge is 0.0406 e. The van der Waals surface area contributed by atoms with Crippen LogP contribution in [0.15, 0.2) is 54.6 Å². The predicted molar refractivity (Wildman–Crippen MR) is 102 cm³/mol. The molecule has 1 heteroatoms. The summed E-state index contributed by atoms with van der Waals surface area (Å²) in [5.74, 6) is 0.521. The number of hydrogen-bond acceptors (Lipinski definition) is 0. The van der Waals surface area contributed by atoms with E-state index >= 15 is 0 Å². The Morgan fingerprint density at radius 3 is 2.26 bits per heavy atom. The van der Waals surface area contributed by atoms with Gasteiger partial charge in [0.15, 0.2) is 0 Å². The second-order valence-electron chi connectivity index (χ2n) is 6.32. The Balaban J connectivity index is 2.05. The summed E-state index contributed by atoms with van der Waals surface area (Å²) in [6.07, 6.45) is 4.33. The van der Waals surface area contributed by atoms with Crippen molar-refractivity contribution in [3.8, 4) is 11.1 Å². The summed E-state index contributed by atoms with van der Waals surface area (Å²) < 4.78 is 0. The molecule has 2 aliphatic rings. The number of fused-ring (bicyclic) bond motifs is 1. The molecule has 0 N–H and O–H groups in total. The molecule has 0 saturated heterocycles. The third kappa shape index (κ3) is 3.48. The van der Waals surface area contributed by atoms with Crippen LogP contribution in [-0.2, 0) is 0 Å². The van der Waals surface area contributed by atoms with Crippen LogP contribution >= 0.6 is 11.6 Å². The first-order valence-corrected chi connectivity index (χ1v) is 8.39. The van der Waals surface area contributed by atoms with E-state index in [1.807, 2.05) is 24.3 Å². The molecule has 0 nitrogen and oxygen atoms in total. The van der Waals surface area contributed by atoms with Crippen molar-refractivity contribution in [3.05, 3.63) is 81.9 Å². The van der Waals surface area contributed by atoms with E-state index in [9.17, 15) is 0 Å². The monoisotopic (exact) mass is 320 g/mol. The van der Waals surface area contributed by atoms with Gasteiger partial charge in [-0.2, -0.15) is 0 Å². The molecule has 3 rings (SSSR count). The van der Waals surface area contributed by atoms with E-state index in [2.05, 4.69) is 63.3 Å². The topological polar surface area (TPSA) is 0 Å². The largest absolute Gasteiger partial charge is 0.0843 e. The molecule has 0 fully saturated rings. The Labute approximate surface area is 143 Å². The van der Waals surface area contributed by atoms with Crippen molar-refractivity contribution in [3.63, 3.8) is 0 Å². The fourth-order valence-corrected chi connectivity index (χ4v) is 2.92. The second-order valence-corrected chi connectivity index (χ2v) is 6.75. The van der Waals surface area contributed by atoms with Gasteiger partial charge in [-0.05, 0) is 58.4 Å². The van der Waals surface area contributed by atoms with Gasteiger partial charge < -0.3 is 0 Å². The van der Waals surface area contributed by atoms with Gasteiger partial charge in [0.25, 0.3) is 0 Å². The van der Waals surface area contributed by atoms with Gasteiger partial charge in [-0.25, -0.2) is 0 Å². The predicted octanol–water partition coefficient (Wildman–Crippen LogP) is 7.05. The van der Waals surface area contributed by atoms with Crippen LogP contribution in [0.5, 0.6) is 0 Å². The normalized spacial score (nSPS) is 11.7. The van der Waals surface area contributed by atoms with Gasteiger partial charge >= 0.3 is 0 Å². The average Bonchev–Trinajstić information content (AvgIpc) is 2.78. The zero-order chi connectivity index (χ0) is 16.4. The lowest BCUT2D eigenvalue weighted by atomic mass is 10.0. The van der Waals surface area contributed by atoms with Crippen LogP contribution in [0.1, 0.15) is 42.0 Å². The molecule has 0 amide bonds. The van der Waals surface area contributed by atoms with Gasteiger partial charge in [0.1, 0.15) is 0 Å². The van der Waals surface area contributed by atoms with Crippen LogP contribution < -0.4 is 0 Å². The fraction of sp³-hybridized carbons (Fsp3) is 0.182. The Kier molecular flexibility index (Phi) is 4.54. The molecule has 0 unspecified atom stereocenters. The molecule has 0 aromatic heterocycles. The molecule has 1 aromatic rings. The molecular weight excluding hydrogens is 300 g/mol. The Morgan fingerprint density at radius 1 is 0.826 bits per heavy atom. The quantitative estimate of drug-likeness (QED) is 0.485. The molecule has 0 saturated carbocycles. The van der Waals surface area contributed by atoms with Gasteiger partial charge in [0.2, 0.25) is 0 Å². The van der Waals surface area contributed by atoms with Crippen molar-refractivity contribution in [1.29, 1.82) is 0 Å². The van der Waals surface area contributed by atoms with Crippen molar-refractivity contribution >= 4 is 23.8 Å². The molecule has 0 spiro atoms. The number of rotatable bonds is 3. The highest BCUT2D eigenvalue weighted by molar-refractivity contribution is 6.30. The summed E-state index contributed by atoms with van der Waals surface area (Å²) in [4.78, 5) is 0. The third-order valence-corrected chi connectivity index (χ3v) is 4.54. The van der Waals surface area contributed by atoms with Crippen molar-refractivity contribution in [2.75, 3.05) is 0 Å². The van der Waals surface area contributed by atoms with Crippen molar-refractivity contribution < 1.29 is 0 Å². The maximum absolute atomic E-state index is 5.95. The number of halogens is 1.